The third-order valence-corrected chi connectivity index (χ3v) is 3.02. The summed E-state index contributed by atoms with van der Waals surface area (Å²) in [4.78, 5) is 19.6. The van der Waals surface area contributed by atoms with E-state index < -0.39 is 5.97 Å². The van der Waals surface area contributed by atoms with Gasteiger partial charge in [0.15, 0.2) is 0 Å². The summed E-state index contributed by atoms with van der Waals surface area (Å²) < 4.78 is 16.9. The lowest BCUT2D eigenvalue weighted by atomic mass is 10.1. The summed E-state index contributed by atoms with van der Waals surface area (Å²) in [5.74, 6) is -0.638. The Morgan fingerprint density at radius 3 is 2.61 bits per heavy atom. The largest absolute Gasteiger partial charge is 0.468 e. The minimum absolute atomic E-state index is 0.0556. The lowest BCUT2D eigenvalue weighted by molar-refractivity contribution is -0.140. The molecule has 0 saturated carbocycles. The van der Waals surface area contributed by atoms with Crippen molar-refractivity contribution in [1.82, 2.24) is 5.32 Å². The number of hydrogen-bond acceptors (Lipinski definition) is 3. The lowest BCUT2D eigenvalue weighted by Gasteiger charge is -2.00. The highest BCUT2D eigenvalue weighted by molar-refractivity contribution is 5.75. The third kappa shape index (κ3) is 7.22. The van der Waals surface area contributed by atoms with Crippen LogP contribution in [0, 0.1) is 5.82 Å². The van der Waals surface area contributed by atoms with Crippen molar-refractivity contribution in [3.8, 4) is 0 Å². The Morgan fingerprint density at radius 2 is 2.00 bits per heavy atom. The molecule has 5 heteroatoms. The number of ether oxygens (including phenoxy) is 1. The lowest BCUT2D eigenvalue weighted by Crippen LogP contribution is -2.21. The van der Waals surface area contributed by atoms with E-state index in [1.807, 2.05) is 0 Å². The van der Waals surface area contributed by atoms with Gasteiger partial charge in [-0.2, -0.15) is 0 Å². The quantitative estimate of drug-likeness (QED) is 0.686. The Hall–Kier alpha value is -2.69. The van der Waals surface area contributed by atoms with Crippen molar-refractivity contribution < 1.29 is 18.7 Å². The molecule has 1 N–H and O–H groups in total. The average molecular weight is 317 g/mol. The van der Waals surface area contributed by atoms with E-state index in [0.717, 1.165) is 17.6 Å². The topological polar surface area (TPSA) is 55.4 Å². The van der Waals surface area contributed by atoms with Gasteiger partial charge in [-0.15, -0.1) is 0 Å². The van der Waals surface area contributed by atoms with Gasteiger partial charge in [0.05, 0.1) is 7.11 Å². The van der Waals surface area contributed by atoms with E-state index in [2.05, 4.69) is 41.3 Å². The van der Waals surface area contributed by atoms with Gasteiger partial charge in [-0.3, -0.25) is 9.59 Å². The number of halogens is 1. The van der Waals surface area contributed by atoms with Gasteiger partial charge >= 0.3 is 5.97 Å². The minimum Gasteiger partial charge on any atom is -0.468 e. The second-order valence-corrected chi connectivity index (χ2v) is 4.82. The van der Waals surface area contributed by atoms with Crippen LogP contribution in [0.3, 0.4) is 0 Å². The number of hydrogen-bond donors (Lipinski definition) is 1. The molecule has 0 fully saturated rings. The first kappa shape index (κ1) is 18.4. The van der Waals surface area contributed by atoms with E-state index in [1.54, 1.807) is 12.1 Å². The molecule has 4 nitrogen and oxygen atoms in total. The first-order chi connectivity index (χ1) is 11.1. The standard InChI is InChI=1S/C14H13F.C4H7NO3/c1-11-3-2-4-12(6-5-11)13-7-9-14(15)10-8-13;1-8-4(7)2-5-3-6/h2,4-10H,3H2,1H3;3H,2H2,1H3,(H,5,6). The number of benzene rings is 1. The van der Waals surface area contributed by atoms with Crippen molar-refractivity contribution in [2.24, 2.45) is 0 Å². The summed E-state index contributed by atoms with van der Waals surface area (Å²) in [6.45, 7) is 2.05. The maximum absolute atomic E-state index is 12.7. The zero-order chi connectivity index (χ0) is 17.1. The van der Waals surface area contributed by atoms with E-state index >= 15 is 0 Å². The van der Waals surface area contributed by atoms with Gasteiger partial charge in [0, 0.05) is 0 Å². The van der Waals surface area contributed by atoms with Crippen LogP contribution in [0.5, 0.6) is 0 Å². The van der Waals surface area contributed by atoms with Crippen molar-refractivity contribution in [2.75, 3.05) is 13.7 Å². The molecule has 0 heterocycles. The number of amides is 1. The summed E-state index contributed by atoms with van der Waals surface area (Å²) in [6.07, 6.45) is 9.83. The first-order valence-corrected chi connectivity index (χ1v) is 7.10. The van der Waals surface area contributed by atoms with Crippen LogP contribution >= 0.6 is 0 Å². The molecule has 0 spiro atoms. The predicted octanol–water partition coefficient (Wildman–Crippen LogP) is 3.02. The maximum Gasteiger partial charge on any atom is 0.325 e. The van der Waals surface area contributed by atoms with Gasteiger partial charge in [0.1, 0.15) is 12.4 Å². The van der Waals surface area contributed by atoms with Gasteiger partial charge in [-0.1, -0.05) is 42.0 Å². The first-order valence-electron chi connectivity index (χ1n) is 7.10. The minimum atomic E-state index is -0.447. The predicted molar refractivity (Wildman–Crippen MR) is 88.0 cm³/mol. The fourth-order valence-electron chi connectivity index (χ4n) is 1.76. The average Bonchev–Trinajstić information content (AvgIpc) is 2.78. The maximum atomic E-state index is 12.7. The van der Waals surface area contributed by atoms with Crippen LogP contribution in [-0.2, 0) is 14.3 Å². The Kier molecular flexibility index (Phi) is 8.07. The summed E-state index contributed by atoms with van der Waals surface area (Å²) in [5, 5.41) is 2.14. The van der Waals surface area contributed by atoms with Crippen LogP contribution in [0.4, 0.5) is 4.39 Å². The molecule has 1 aromatic carbocycles. The van der Waals surface area contributed by atoms with Gasteiger partial charge in [-0.05, 0) is 36.6 Å². The molecule has 1 aliphatic carbocycles. The SMILES string of the molecule is CC1=CC=C(c2ccc(F)cc2)C=CC1.COC(=O)CNC=O. The third-order valence-electron chi connectivity index (χ3n) is 3.02. The van der Waals surface area contributed by atoms with Crippen LogP contribution < -0.4 is 5.32 Å². The van der Waals surface area contributed by atoms with Gasteiger partial charge in [0.25, 0.3) is 0 Å². The number of carbonyl (C=O) groups excluding carboxylic acids is 2. The molecule has 0 aliphatic heterocycles. The molecule has 0 atom stereocenters. The van der Waals surface area contributed by atoms with Crippen molar-refractivity contribution >= 4 is 18.0 Å². The normalized spacial score (nSPS) is 12.8. The number of nitrogens with one attached hydrogen (secondary N) is 1. The fraction of sp³-hybridized carbons (Fsp3) is 0.222. The van der Waals surface area contributed by atoms with Crippen molar-refractivity contribution in [3.63, 3.8) is 0 Å². The van der Waals surface area contributed by atoms with Crippen molar-refractivity contribution in [2.45, 2.75) is 13.3 Å². The highest BCUT2D eigenvalue weighted by atomic mass is 19.1. The molecule has 0 bridgehead atoms. The van der Waals surface area contributed by atoms with Crippen LogP contribution in [0.2, 0.25) is 0 Å². The van der Waals surface area contributed by atoms with Gasteiger partial charge in [-0.25, -0.2) is 4.39 Å². The molecule has 122 valence electrons. The van der Waals surface area contributed by atoms with E-state index in [4.69, 9.17) is 0 Å². The van der Waals surface area contributed by atoms with E-state index in [1.165, 1.54) is 24.8 Å². The molecule has 2 rings (SSSR count). The number of allylic oxidation sites excluding steroid dienone is 6. The van der Waals surface area contributed by atoms with E-state index in [9.17, 15) is 14.0 Å². The smallest absolute Gasteiger partial charge is 0.325 e. The second-order valence-electron chi connectivity index (χ2n) is 4.82. The Bertz CT molecular complexity index is 616. The molecular weight excluding hydrogens is 297 g/mol. The highest BCUT2D eigenvalue weighted by Crippen LogP contribution is 2.20. The zero-order valence-electron chi connectivity index (χ0n) is 13.2. The van der Waals surface area contributed by atoms with Crippen LogP contribution in [0.25, 0.3) is 5.57 Å². The summed E-state index contributed by atoms with van der Waals surface area (Å²) >= 11 is 0. The summed E-state index contributed by atoms with van der Waals surface area (Å²) in [6, 6.07) is 6.59. The van der Waals surface area contributed by atoms with Crippen molar-refractivity contribution in [1.29, 1.82) is 0 Å². The molecule has 1 aromatic rings. The van der Waals surface area contributed by atoms with Crippen LogP contribution in [0.1, 0.15) is 18.9 Å². The van der Waals surface area contributed by atoms with Crippen LogP contribution in [-0.4, -0.2) is 26.0 Å². The number of methoxy groups -OCH3 is 1. The molecule has 0 aromatic heterocycles. The Labute approximate surface area is 135 Å². The van der Waals surface area contributed by atoms with Gasteiger partial charge < -0.3 is 10.1 Å². The Morgan fingerprint density at radius 1 is 1.30 bits per heavy atom. The fourth-order valence-corrected chi connectivity index (χ4v) is 1.76. The molecule has 0 radical (unpaired) electrons. The number of rotatable bonds is 4. The van der Waals surface area contributed by atoms with Gasteiger partial charge in [0.2, 0.25) is 6.41 Å². The molecular formula is C18H20FNO3. The monoisotopic (exact) mass is 317 g/mol. The second kappa shape index (κ2) is 10.1. The summed E-state index contributed by atoms with van der Waals surface area (Å²) in [7, 11) is 1.26. The summed E-state index contributed by atoms with van der Waals surface area (Å²) in [5.41, 5.74) is 3.52. The van der Waals surface area contributed by atoms with Crippen LogP contribution in [0.15, 0.2) is 54.1 Å². The molecule has 0 saturated heterocycles. The molecule has 0 unspecified atom stereocenters. The molecule has 23 heavy (non-hydrogen) atoms. The Balaban J connectivity index is 0.000000284. The molecule has 1 amide bonds. The van der Waals surface area contributed by atoms with Crippen molar-refractivity contribution in [3.05, 3.63) is 65.5 Å². The molecule has 1 aliphatic rings. The number of carbonyl (C=O) groups is 2. The van der Waals surface area contributed by atoms with E-state index in [0.29, 0.717) is 6.41 Å². The highest BCUT2D eigenvalue weighted by Gasteiger charge is 2.00. The number of esters is 1. The van der Waals surface area contributed by atoms with E-state index in [-0.39, 0.29) is 12.4 Å². The zero-order valence-corrected chi connectivity index (χ0v) is 13.2.